The van der Waals surface area contributed by atoms with Crippen LogP contribution in [0.4, 0.5) is 17.3 Å². The SMILES string of the molecule is C1=CCCC=CCC1.C1=CCCC=CCC1.F[B-](F)(F)F.[H+].[Ir]. The Bertz CT molecular complexity index is 266. The average molecular weight is 496 g/mol. The largest absolute Gasteiger partial charge is 1.00 e. The van der Waals surface area contributed by atoms with Crippen molar-refractivity contribution in [1.29, 1.82) is 0 Å². The average Bonchev–Trinajstić information content (AvgIpc) is 2.24. The molecule has 0 aromatic rings. The van der Waals surface area contributed by atoms with Crippen LogP contribution in [0.3, 0.4) is 0 Å². The molecule has 0 bridgehead atoms. The molecule has 1 radical (unpaired) electrons. The van der Waals surface area contributed by atoms with E-state index in [1.54, 1.807) is 0 Å². The zero-order chi connectivity index (χ0) is 15.8. The molecule has 0 heterocycles. The molecule has 2 aliphatic rings. The minimum Gasteiger partial charge on any atom is -0.418 e. The van der Waals surface area contributed by atoms with E-state index < -0.39 is 7.25 Å². The van der Waals surface area contributed by atoms with E-state index in [-0.39, 0.29) is 21.5 Å². The summed E-state index contributed by atoms with van der Waals surface area (Å²) < 4.78 is 39.0. The third-order valence-electron chi connectivity index (χ3n) is 2.67. The van der Waals surface area contributed by atoms with Gasteiger partial charge in [-0.05, 0) is 51.4 Å². The number of halogens is 4. The van der Waals surface area contributed by atoms with E-state index in [1.807, 2.05) is 0 Å². The molecule has 0 aromatic carbocycles. The standard InChI is InChI=1S/2C8H12.BF4.Ir/c2*1-2-4-6-8-7-5-3-1;2-1(3,4)5;/h2*1-2,7-8H,3-6H2;;/q;;-1;/p+1. The summed E-state index contributed by atoms with van der Waals surface area (Å²) in [5, 5.41) is 0. The molecule has 22 heavy (non-hydrogen) atoms. The van der Waals surface area contributed by atoms with Crippen LogP contribution in [0.25, 0.3) is 0 Å². The minimum absolute atomic E-state index is 0. The fourth-order valence-corrected chi connectivity index (χ4v) is 1.71. The van der Waals surface area contributed by atoms with E-state index in [2.05, 4.69) is 48.6 Å². The van der Waals surface area contributed by atoms with Gasteiger partial charge in [0, 0.05) is 20.1 Å². The van der Waals surface area contributed by atoms with E-state index in [0.717, 1.165) is 0 Å². The van der Waals surface area contributed by atoms with Crippen LogP contribution in [0.15, 0.2) is 48.6 Å². The van der Waals surface area contributed by atoms with Crippen molar-refractivity contribution in [2.45, 2.75) is 51.4 Å². The second-order valence-corrected chi connectivity index (χ2v) is 4.69. The Hall–Kier alpha value is -0.606. The van der Waals surface area contributed by atoms with Crippen molar-refractivity contribution in [2.75, 3.05) is 0 Å². The zero-order valence-corrected chi connectivity index (χ0v) is 15.1. The summed E-state index contributed by atoms with van der Waals surface area (Å²) >= 11 is 0. The van der Waals surface area contributed by atoms with Crippen LogP contribution in [0.1, 0.15) is 52.8 Å². The Balaban J connectivity index is -0.000000258. The van der Waals surface area contributed by atoms with E-state index in [4.69, 9.17) is 0 Å². The predicted octanol–water partition coefficient (Wildman–Crippen LogP) is 6.76. The van der Waals surface area contributed by atoms with Crippen LogP contribution >= 0.6 is 0 Å². The maximum atomic E-state index is 9.75. The van der Waals surface area contributed by atoms with Crippen molar-refractivity contribution >= 4 is 7.25 Å². The first-order valence-corrected chi connectivity index (χ1v) is 7.47. The third-order valence-corrected chi connectivity index (χ3v) is 2.67. The molecule has 0 nitrogen and oxygen atoms in total. The molecular weight excluding hydrogens is 471 g/mol. The quantitative estimate of drug-likeness (QED) is 0.198. The van der Waals surface area contributed by atoms with E-state index in [1.165, 1.54) is 51.4 Å². The molecule has 0 fully saturated rings. The van der Waals surface area contributed by atoms with Gasteiger partial charge in [-0.1, -0.05) is 48.6 Å². The summed E-state index contributed by atoms with van der Waals surface area (Å²) in [5.41, 5.74) is 0. The Morgan fingerprint density at radius 3 is 0.636 bits per heavy atom. The minimum atomic E-state index is -6.00. The van der Waals surface area contributed by atoms with Crippen LogP contribution in [0.2, 0.25) is 0 Å². The number of hydrogen-bond donors (Lipinski definition) is 0. The first kappa shape index (κ1) is 23.7. The molecular formula is C16H25BF4Ir. The van der Waals surface area contributed by atoms with Crippen molar-refractivity contribution in [3.63, 3.8) is 0 Å². The predicted molar refractivity (Wildman–Crippen MR) is 84.8 cm³/mol. The Labute approximate surface area is 146 Å². The summed E-state index contributed by atoms with van der Waals surface area (Å²) in [6.45, 7) is 0. The molecule has 0 saturated heterocycles. The molecule has 0 spiro atoms. The molecule has 2 aliphatic carbocycles. The molecule has 2 rings (SSSR count). The zero-order valence-electron chi connectivity index (χ0n) is 13.7. The first-order valence-electron chi connectivity index (χ1n) is 7.47. The van der Waals surface area contributed by atoms with E-state index >= 15 is 0 Å². The van der Waals surface area contributed by atoms with Gasteiger partial charge >= 0.3 is 8.68 Å². The maximum absolute atomic E-state index is 9.75. The van der Waals surface area contributed by atoms with Gasteiger partial charge in [0.15, 0.2) is 0 Å². The summed E-state index contributed by atoms with van der Waals surface area (Å²) in [6.07, 6.45) is 28.0. The van der Waals surface area contributed by atoms with Gasteiger partial charge in [0.1, 0.15) is 0 Å². The normalized spacial score (nSPS) is 17.3. The van der Waals surface area contributed by atoms with E-state index in [9.17, 15) is 17.3 Å². The van der Waals surface area contributed by atoms with Gasteiger partial charge in [-0.2, -0.15) is 0 Å². The molecule has 0 saturated carbocycles. The smallest absolute Gasteiger partial charge is 0.418 e. The van der Waals surface area contributed by atoms with Crippen LogP contribution < -0.4 is 0 Å². The fraction of sp³-hybridized carbons (Fsp3) is 0.500. The monoisotopic (exact) mass is 497 g/mol. The van der Waals surface area contributed by atoms with Crippen molar-refractivity contribution in [3.8, 4) is 0 Å². The topological polar surface area (TPSA) is 0 Å². The molecule has 6 heteroatoms. The molecule has 0 amide bonds. The maximum Gasteiger partial charge on any atom is 1.00 e. The summed E-state index contributed by atoms with van der Waals surface area (Å²) in [4.78, 5) is 0. The third kappa shape index (κ3) is 27.7. The summed E-state index contributed by atoms with van der Waals surface area (Å²) in [6, 6.07) is 0. The van der Waals surface area contributed by atoms with Crippen LogP contribution in [-0.4, -0.2) is 7.25 Å². The first-order chi connectivity index (χ1) is 10.0. The van der Waals surface area contributed by atoms with E-state index in [0.29, 0.717) is 0 Å². The summed E-state index contributed by atoms with van der Waals surface area (Å²) in [5.74, 6) is 0. The van der Waals surface area contributed by atoms with Crippen LogP contribution in [0, 0.1) is 0 Å². The molecule has 0 N–H and O–H groups in total. The second kappa shape index (κ2) is 16.8. The Morgan fingerprint density at radius 1 is 0.455 bits per heavy atom. The Kier molecular flexibility index (Phi) is 18.0. The van der Waals surface area contributed by atoms with Crippen molar-refractivity contribution in [3.05, 3.63) is 48.6 Å². The van der Waals surface area contributed by atoms with Crippen LogP contribution in [0.5, 0.6) is 0 Å². The molecule has 0 aliphatic heterocycles. The van der Waals surface area contributed by atoms with Crippen molar-refractivity contribution in [2.24, 2.45) is 0 Å². The number of rotatable bonds is 0. The van der Waals surface area contributed by atoms with Gasteiger partial charge in [-0.15, -0.1) is 0 Å². The number of allylic oxidation sites excluding steroid dienone is 8. The van der Waals surface area contributed by atoms with Crippen molar-refractivity contribution < 1.29 is 38.8 Å². The van der Waals surface area contributed by atoms with Gasteiger partial charge in [-0.3, -0.25) is 0 Å². The molecule has 0 unspecified atom stereocenters. The Morgan fingerprint density at radius 2 is 0.545 bits per heavy atom. The number of hydrogen-bond acceptors (Lipinski definition) is 0. The van der Waals surface area contributed by atoms with Gasteiger partial charge in [0.05, 0.1) is 0 Å². The summed E-state index contributed by atoms with van der Waals surface area (Å²) in [7, 11) is -6.00. The van der Waals surface area contributed by atoms with Gasteiger partial charge in [0.2, 0.25) is 0 Å². The van der Waals surface area contributed by atoms with Crippen LogP contribution in [-0.2, 0) is 20.1 Å². The fourth-order valence-electron chi connectivity index (χ4n) is 1.71. The van der Waals surface area contributed by atoms with Gasteiger partial charge in [0.25, 0.3) is 0 Å². The molecule has 0 atom stereocenters. The molecule has 0 aromatic heterocycles. The van der Waals surface area contributed by atoms with Gasteiger partial charge in [-0.25, -0.2) is 0 Å². The van der Waals surface area contributed by atoms with Crippen molar-refractivity contribution in [1.82, 2.24) is 0 Å². The second-order valence-electron chi connectivity index (χ2n) is 4.69. The molecule has 129 valence electrons. The van der Waals surface area contributed by atoms with Gasteiger partial charge < -0.3 is 17.3 Å².